The third-order valence-electron chi connectivity index (χ3n) is 2.48. The normalized spacial score (nSPS) is 14.3. The maximum Gasteiger partial charge on any atom is 0.0624 e. The van der Waals surface area contributed by atoms with E-state index in [1.54, 1.807) is 0 Å². The van der Waals surface area contributed by atoms with E-state index >= 15 is 0 Å². The zero-order valence-corrected chi connectivity index (χ0v) is 9.46. The van der Waals surface area contributed by atoms with Crippen molar-refractivity contribution in [3.8, 4) is 0 Å². The van der Waals surface area contributed by atoms with Gasteiger partial charge in [-0.3, -0.25) is 0 Å². The van der Waals surface area contributed by atoms with Gasteiger partial charge in [-0.2, -0.15) is 0 Å². The number of fused-ring (bicyclic) bond motifs is 1. The maximum atomic E-state index is 3.82. The van der Waals surface area contributed by atoms with E-state index in [-0.39, 0.29) is 0 Å². The lowest BCUT2D eigenvalue weighted by molar-refractivity contribution is 1.21. The highest BCUT2D eigenvalue weighted by Gasteiger charge is 2.11. The Kier molecular flexibility index (Phi) is 3.10. The Morgan fingerprint density at radius 1 is 1.12 bits per heavy atom. The number of allylic oxidation sites excluding steroid dienone is 3. The lowest BCUT2D eigenvalue weighted by Gasteiger charge is -2.22. The van der Waals surface area contributed by atoms with E-state index in [4.69, 9.17) is 0 Å². The molecule has 2 heteroatoms. The van der Waals surface area contributed by atoms with Crippen LogP contribution in [0.3, 0.4) is 0 Å². The van der Waals surface area contributed by atoms with Crippen molar-refractivity contribution < 1.29 is 0 Å². The highest BCUT2D eigenvalue weighted by atomic mass is 15.0. The van der Waals surface area contributed by atoms with E-state index in [1.165, 1.54) is 0 Å². The molecule has 0 saturated heterocycles. The summed E-state index contributed by atoms with van der Waals surface area (Å²) in [5.41, 5.74) is 4.27. The Labute approximate surface area is 96.4 Å². The molecule has 16 heavy (non-hydrogen) atoms. The summed E-state index contributed by atoms with van der Waals surface area (Å²) in [6, 6.07) is 8.14. The van der Waals surface area contributed by atoms with E-state index < -0.39 is 0 Å². The van der Waals surface area contributed by atoms with Crippen LogP contribution >= 0.6 is 0 Å². The Hall–Kier alpha value is -1.96. The molecule has 0 aliphatic carbocycles. The van der Waals surface area contributed by atoms with Crippen LogP contribution < -0.4 is 10.6 Å². The van der Waals surface area contributed by atoms with Crippen LogP contribution in [-0.2, 0) is 0 Å². The van der Waals surface area contributed by atoms with Crippen LogP contribution in [0.25, 0.3) is 0 Å². The molecule has 1 aromatic rings. The van der Waals surface area contributed by atoms with Gasteiger partial charge in [0, 0.05) is 0 Å². The first kappa shape index (κ1) is 10.6. The summed E-state index contributed by atoms with van der Waals surface area (Å²) < 4.78 is 0. The minimum absolute atomic E-state index is 1.02. The number of hydrogen-bond acceptors (Lipinski definition) is 2. The first-order chi connectivity index (χ1) is 7.85. The molecule has 1 heterocycles. The summed E-state index contributed by atoms with van der Waals surface area (Å²) in [6.45, 7) is 5.94. The molecule has 0 unspecified atom stereocenters. The van der Waals surface area contributed by atoms with Crippen LogP contribution in [0.2, 0.25) is 0 Å². The molecular formula is C14H16N2. The number of anilines is 2. The summed E-state index contributed by atoms with van der Waals surface area (Å²) in [6.07, 6.45) is 7.07. The van der Waals surface area contributed by atoms with Gasteiger partial charge >= 0.3 is 0 Å². The molecule has 0 spiro atoms. The van der Waals surface area contributed by atoms with Gasteiger partial charge in [-0.25, -0.2) is 0 Å². The molecule has 0 fully saturated rings. The number of nitrogens with one attached hydrogen (secondary N) is 2. The summed E-state index contributed by atoms with van der Waals surface area (Å²) in [4.78, 5) is 0. The average Bonchev–Trinajstić information content (AvgIpc) is 2.35. The quantitative estimate of drug-likeness (QED) is 0.794. The standard InChI is InChI=1S/C14H16N2/c1-3-5-8-12-11(4-2)15-13-9-6-7-10-14(13)16-12/h4-10,15-16H,2-3H2,1H3/b8-5-. The SMILES string of the molecule is C=CC1=C(/C=C\CC)Nc2ccccc2N1. The molecule has 1 aliphatic heterocycles. The molecule has 0 atom stereocenters. The molecule has 2 N–H and O–H groups in total. The zero-order valence-electron chi connectivity index (χ0n) is 9.46. The lowest BCUT2D eigenvalue weighted by atomic mass is 10.1. The van der Waals surface area contributed by atoms with Crippen molar-refractivity contribution in [2.24, 2.45) is 0 Å². The first-order valence-corrected chi connectivity index (χ1v) is 5.51. The van der Waals surface area contributed by atoms with Gasteiger partial charge in [-0.15, -0.1) is 0 Å². The molecule has 1 aromatic carbocycles. The Morgan fingerprint density at radius 3 is 2.31 bits per heavy atom. The van der Waals surface area contributed by atoms with Crippen molar-refractivity contribution in [1.29, 1.82) is 0 Å². The smallest absolute Gasteiger partial charge is 0.0624 e. The molecule has 0 aromatic heterocycles. The summed E-state index contributed by atoms with van der Waals surface area (Å²) in [5.74, 6) is 0. The topological polar surface area (TPSA) is 24.1 Å². The fourth-order valence-corrected chi connectivity index (χ4v) is 1.65. The second-order valence-corrected chi connectivity index (χ2v) is 3.64. The summed E-state index contributed by atoms with van der Waals surface area (Å²) in [7, 11) is 0. The number of benzene rings is 1. The predicted octanol–water partition coefficient (Wildman–Crippen LogP) is 3.89. The maximum absolute atomic E-state index is 3.82. The van der Waals surface area contributed by atoms with Gasteiger partial charge in [-0.05, 0) is 30.7 Å². The fourth-order valence-electron chi connectivity index (χ4n) is 1.65. The van der Waals surface area contributed by atoms with Crippen molar-refractivity contribution in [2.45, 2.75) is 13.3 Å². The van der Waals surface area contributed by atoms with Gasteiger partial charge in [0.25, 0.3) is 0 Å². The first-order valence-electron chi connectivity index (χ1n) is 5.51. The molecule has 2 nitrogen and oxygen atoms in total. The van der Waals surface area contributed by atoms with E-state index in [2.05, 4.69) is 42.4 Å². The van der Waals surface area contributed by atoms with Crippen LogP contribution in [0.15, 0.2) is 60.5 Å². The van der Waals surface area contributed by atoms with Crippen molar-refractivity contribution in [1.82, 2.24) is 0 Å². The predicted molar refractivity (Wildman–Crippen MR) is 70.3 cm³/mol. The van der Waals surface area contributed by atoms with E-state index in [9.17, 15) is 0 Å². The Bertz CT molecular complexity index is 456. The van der Waals surface area contributed by atoms with E-state index in [0.29, 0.717) is 0 Å². The van der Waals surface area contributed by atoms with Gasteiger partial charge in [0.15, 0.2) is 0 Å². The van der Waals surface area contributed by atoms with Crippen LogP contribution in [0.5, 0.6) is 0 Å². The third kappa shape index (κ3) is 2.01. The molecular weight excluding hydrogens is 196 g/mol. The van der Waals surface area contributed by atoms with Gasteiger partial charge in [0.05, 0.1) is 22.8 Å². The van der Waals surface area contributed by atoms with Crippen LogP contribution in [0, 0.1) is 0 Å². The number of hydrogen-bond donors (Lipinski definition) is 2. The molecule has 82 valence electrons. The lowest BCUT2D eigenvalue weighted by Crippen LogP contribution is -2.14. The molecule has 0 bridgehead atoms. The minimum Gasteiger partial charge on any atom is -0.352 e. The highest BCUT2D eigenvalue weighted by molar-refractivity contribution is 5.77. The number of para-hydroxylation sites is 2. The second-order valence-electron chi connectivity index (χ2n) is 3.64. The highest BCUT2D eigenvalue weighted by Crippen LogP contribution is 2.30. The monoisotopic (exact) mass is 212 g/mol. The van der Waals surface area contributed by atoms with Crippen LogP contribution in [-0.4, -0.2) is 0 Å². The van der Waals surface area contributed by atoms with E-state index in [1.807, 2.05) is 24.3 Å². The molecule has 0 radical (unpaired) electrons. The van der Waals surface area contributed by atoms with Crippen molar-refractivity contribution in [2.75, 3.05) is 10.6 Å². The van der Waals surface area contributed by atoms with Crippen LogP contribution in [0.1, 0.15) is 13.3 Å². The Morgan fingerprint density at radius 2 is 1.75 bits per heavy atom. The van der Waals surface area contributed by atoms with E-state index in [0.717, 1.165) is 29.2 Å². The van der Waals surface area contributed by atoms with Crippen molar-refractivity contribution in [3.05, 3.63) is 60.5 Å². The van der Waals surface area contributed by atoms with Gasteiger partial charge in [0.2, 0.25) is 0 Å². The number of rotatable bonds is 3. The molecule has 1 aliphatic rings. The third-order valence-corrected chi connectivity index (χ3v) is 2.48. The fraction of sp³-hybridized carbons (Fsp3) is 0.143. The molecule has 0 amide bonds. The van der Waals surface area contributed by atoms with Crippen molar-refractivity contribution >= 4 is 11.4 Å². The van der Waals surface area contributed by atoms with Gasteiger partial charge in [-0.1, -0.05) is 31.7 Å². The van der Waals surface area contributed by atoms with Crippen LogP contribution in [0.4, 0.5) is 11.4 Å². The zero-order chi connectivity index (χ0) is 11.4. The van der Waals surface area contributed by atoms with Gasteiger partial charge in [0.1, 0.15) is 0 Å². The Balaban J connectivity index is 2.34. The summed E-state index contributed by atoms with van der Waals surface area (Å²) in [5, 5.41) is 6.75. The molecule has 0 saturated carbocycles. The van der Waals surface area contributed by atoms with Crippen molar-refractivity contribution in [3.63, 3.8) is 0 Å². The average molecular weight is 212 g/mol. The minimum atomic E-state index is 1.02. The summed E-state index contributed by atoms with van der Waals surface area (Å²) >= 11 is 0. The largest absolute Gasteiger partial charge is 0.352 e. The second kappa shape index (κ2) is 4.71. The molecule has 2 rings (SSSR count). The van der Waals surface area contributed by atoms with Gasteiger partial charge < -0.3 is 10.6 Å².